The predicted octanol–water partition coefficient (Wildman–Crippen LogP) is 4.35. The number of rotatable bonds is 5. The Labute approximate surface area is 142 Å². The normalized spacial score (nSPS) is 10.4. The van der Waals surface area contributed by atoms with E-state index in [9.17, 15) is 4.39 Å². The van der Waals surface area contributed by atoms with Gasteiger partial charge in [0.2, 0.25) is 0 Å². The first-order valence-corrected chi connectivity index (χ1v) is 7.33. The van der Waals surface area contributed by atoms with Crippen LogP contribution in [0.1, 0.15) is 11.1 Å². The first kappa shape index (κ1) is 16.8. The van der Waals surface area contributed by atoms with Crippen LogP contribution in [0, 0.1) is 5.82 Å². The van der Waals surface area contributed by atoms with Crippen LogP contribution in [0.4, 0.5) is 4.39 Å². The molecule has 3 nitrogen and oxygen atoms in total. The Hall–Kier alpha value is -1.56. The predicted molar refractivity (Wildman–Crippen MR) is 89.6 cm³/mol. The zero-order valence-corrected chi connectivity index (χ0v) is 13.9. The molecule has 2 N–H and O–H groups in total. The minimum atomic E-state index is -0.456. The van der Waals surface area contributed by atoms with Crippen LogP contribution < -0.4 is 15.2 Å². The molecule has 0 fully saturated rings. The molecule has 2 aromatic rings. The highest BCUT2D eigenvalue weighted by Gasteiger charge is 2.15. The number of hydrogen-bond acceptors (Lipinski definition) is 3. The highest BCUT2D eigenvalue weighted by Crippen LogP contribution is 2.37. The molecule has 0 saturated heterocycles. The molecule has 0 unspecified atom stereocenters. The first-order chi connectivity index (χ1) is 10.4. The molecule has 0 bridgehead atoms. The van der Waals surface area contributed by atoms with Crippen LogP contribution in [0.5, 0.6) is 11.5 Å². The lowest BCUT2D eigenvalue weighted by molar-refractivity contribution is 0.280. The van der Waals surface area contributed by atoms with Gasteiger partial charge in [0, 0.05) is 11.1 Å². The Morgan fingerprint density at radius 2 is 2.00 bits per heavy atom. The van der Waals surface area contributed by atoms with Crippen molar-refractivity contribution in [3.63, 3.8) is 0 Å². The van der Waals surface area contributed by atoms with E-state index in [1.807, 2.05) is 0 Å². The van der Waals surface area contributed by atoms with E-state index in [0.717, 1.165) is 0 Å². The summed E-state index contributed by atoms with van der Waals surface area (Å²) in [5.41, 5.74) is 6.36. The van der Waals surface area contributed by atoms with Gasteiger partial charge in [0.1, 0.15) is 17.4 Å². The summed E-state index contributed by atoms with van der Waals surface area (Å²) in [5, 5.41) is 0.532. The van der Waals surface area contributed by atoms with E-state index in [1.165, 1.54) is 19.2 Å². The standard InChI is InChI=1S/C15H12Cl2FNO2S/c1-20-13-6-8(15(19)22)5-11(17)14(13)21-7-9-10(16)3-2-4-12(9)18/h2-6H,7H2,1H3,(H2,19,22). The number of hydrogen-bond donors (Lipinski definition) is 1. The maximum Gasteiger partial charge on any atom is 0.180 e. The van der Waals surface area contributed by atoms with Crippen molar-refractivity contribution >= 4 is 40.4 Å². The molecule has 22 heavy (non-hydrogen) atoms. The smallest absolute Gasteiger partial charge is 0.180 e. The Balaban J connectivity index is 2.32. The number of methoxy groups -OCH3 is 1. The Morgan fingerprint density at radius 1 is 1.27 bits per heavy atom. The lowest BCUT2D eigenvalue weighted by atomic mass is 10.2. The highest BCUT2D eigenvalue weighted by molar-refractivity contribution is 7.80. The third kappa shape index (κ3) is 3.61. The van der Waals surface area contributed by atoms with Gasteiger partial charge in [0.05, 0.1) is 17.2 Å². The van der Waals surface area contributed by atoms with Crippen molar-refractivity contribution in [3.8, 4) is 11.5 Å². The summed E-state index contributed by atoms with van der Waals surface area (Å²) in [7, 11) is 1.46. The molecule has 0 aliphatic carbocycles. The number of halogens is 3. The minimum Gasteiger partial charge on any atom is -0.493 e. The van der Waals surface area contributed by atoms with Crippen molar-refractivity contribution in [2.24, 2.45) is 5.73 Å². The van der Waals surface area contributed by atoms with Gasteiger partial charge in [-0.15, -0.1) is 0 Å². The van der Waals surface area contributed by atoms with E-state index >= 15 is 0 Å². The van der Waals surface area contributed by atoms with E-state index in [4.69, 9.17) is 50.6 Å². The second-order valence-electron chi connectivity index (χ2n) is 4.34. The molecule has 0 heterocycles. The molecule has 116 valence electrons. The number of ether oxygens (including phenoxy) is 2. The molecule has 0 aliphatic heterocycles. The van der Waals surface area contributed by atoms with E-state index in [2.05, 4.69) is 0 Å². The van der Waals surface area contributed by atoms with Crippen molar-refractivity contribution in [1.82, 2.24) is 0 Å². The SMILES string of the molecule is COc1cc(C(N)=S)cc(Cl)c1OCc1c(F)cccc1Cl. The van der Waals surface area contributed by atoms with Crippen LogP contribution in [-0.2, 0) is 6.61 Å². The number of benzene rings is 2. The molecule has 0 saturated carbocycles. The van der Waals surface area contributed by atoms with Crippen LogP contribution in [0.15, 0.2) is 30.3 Å². The lowest BCUT2D eigenvalue weighted by Gasteiger charge is -2.14. The van der Waals surface area contributed by atoms with Crippen molar-refractivity contribution < 1.29 is 13.9 Å². The summed E-state index contributed by atoms with van der Waals surface area (Å²) in [4.78, 5) is 0.184. The van der Waals surface area contributed by atoms with Gasteiger partial charge in [0.25, 0.3) is 0 Å². The molecule has 2 aromatic carbocycles. The maximum atomic E-state index is 13.7. The first-order valence-electron chi connectivity index (χ1n) is 6.17. The molecule has 0 spiro atoms. The van der Waals surface area contributed by atoms with E-state index in [0.29, 0.717) is 11.3 Å². The van der Waals surface area contributed by atoms with Crippen LogP contribution in [0.25, 0.3) is 0 Å². The summed E-state index contributed by atoms with van der Waals surface area (Å²) in [6.45, 7) is -0.0893. The lowest BCUT2D eigenvalue weighted by Crippen LogP contribution is -2.10. The zero-order valence-electron chi connectivity index (χ0n) is 11.5. The summed E-state index contributed by atoms with van der Waals surface area (Å²) < 4.78 is 24.5. The maximum absolute atomic E-state index is 13.7. The molecule has 0 atom stereocenters. The second-order valence-corrected chi connectivity index (χ2v) is 5.60. The van der Waals surface area contributed by atoms with Crippen LogP contribution in [-0.4, -0.2) is 12.1 Å². The molecule has 7 heteroatoms. The highest BCUT2D eigenvalue weighted by atomic mass is 35.5. The monoisotopic (exact) mass is 359 g/mol. The Morgan fingerprint density at radius 3 is 2.59 bits per heavy atom. The molecule has 0 aliphatic rings. The third-order valence-electron chi connectivity index (χ3n) is 2.94. The average Bonchev–Trinajstić information content (AvgIpc) is 2.47. The largest absolute Gasteiger partial charge is 0.493 e. The van der Waals surface area contributed by atoms with Crippen molar-refractivity contribution in [2.75, 3.05) is 7.11 Å². The summed E-state index contributed by atoms with van der Waals surface area (Å²) >= 11 is 17.0. The van der Waals surface area contributed by atoms with E-state index < -0.39 is 5.82 Å². The van der Waals surface area contributed by atoms with Gasteiger partial charge in [0.15, 0.2) is 11.5 Å². The molecule has 0 amide bonds. The van der Waals surface area contributed by atoms with Gasteiger partial charge < -0.3 is 15.2 Å². The van der Waals surface area contributed by atoms with Gasteiger partial charge in [-0.3, -0.25) is 0 Å². The second kappa shape index (κ2) is 7.13. The van der Waals surface area contributed by atoms with E-state index in [1.54, 1.807) is 18.2 Å². The van der Waals surface area contributed by atoms with E-state index in [-0.39, 0.29) is 33.0 Å². The molecule has 0 radical (unpaired) electrons. The van der Waals surface area contributed by atoms with Gasteiger partial charge in [-0.05, 0) is 24.3 Å². The Bertz CT molecular complexity index is 705. The van der Waals surface area contributed by atoms with Crippen molar-refractivity contribution in [1.29, 1.82) is 0 Å². The topological polar surface area (TPSA) is 44.5 Å². The average molecular weight is 360 g/mol. The third-order valence-corrected chi connectivity index (χ3v) is 3.81. The fourth-order valence-electron chi connectivity index (χ4n) is 1.82. The van der Waals surface area contributed by atoms with Crippen LogP contribution in [0.2, 0.25) is 10.0 Å². The zero-order chi connectivity index (χ0) is 16.3. The minimum absolute atomic E-state index is 0.0893. The van der Waals surface area contributed by atoms with Gasteiger partial charge in [-0.1, -0.05) is 41.5 Å². The van der Waals surface area contributed by atoms with Gasteiger partial charge >= 0.3 is 0 Å². The van der Waals surface area contributed by atoms with Crippen molar-refractivity contribution in [2.45, 2.75) is 6.61 Å². The van der Waals surface area contributed by atoms with Crippen LogP contribution in [0.3, 0.4) is 0 Å². The van der Waals surface area contributed by atoms with Crippen molar-refractivity contribution in [3.05, 3.63) is 57.3 Å². The number of thiocarbonyl (C=S) groups is 1. The summed E-state index contributed by atoms with van der Waals surface area (Å²) in [6.07, 6.45) is 0. The molecular formula is C15H12Cl2FNO2S. The fraction of sp³-hybridized carbons (Fsp3) is 0.133. The molecule has 2 rings (SSSR count). The fourth-order valence-corrected chi connectivity index (χ4v) is 2.42. The van der Waals surface area contributed by atoms with Crippen LogP contribution >= 0.6 is 35.4 Å². The van der Waals surface area contributed by atoms with Gasteiger partial charge in [-0.2, -0.15) is 0 Å². The Kier molecular flexibility index (Phi) is 5.45. The molecule has 0 aromatic heterocycles. The quantitative estimate of drug-likeness (QED) is 0.805. The summed E-state index contributed by atoms with van der Waals surface area (Å²) in [6, 6.07) is 7.57. The number of nitrogens with two attached hydrogens (primary N) is 1. The summed E-state index contributed by atoms with van der Waals surface area (Å²) in [5.74, 6) is 0.161. The molecular weight excluding hydrogens is 348 g/mol. The van der Waals surface area contributed by atoms with Gasteiger partial charge in [-0.25, -0.2) is 4.39 Å².